The summed E-state index contributed by atoms with van der Waals surface area (Å²) in [6.07, 6.45) is 0.681. The van der Waals surface area contributed by atoms with Crippen LogP contribution in [0.15, 0.2) is 23.0 Å². The SMILES string of the molecule is Cc1ccc(-c2nc3c(c(=O)[nH]2)CCNC3)cc1F. The Morgan fingerprint density at radius 2 is 2.21 bits per heavy atom. The second kappa shape index (κ2) is 4.59. The first-order valence-electron chi connectivity index (χ1n) is 6.24. The molecule has 1 aliphatic rings. The number of halogens is 1. The third kappa shape index (κ3) is 2.17. The summed E-state index contributed by atoms with van der Waals surface area (Å²) in [6, 6.07) is 4.85. The maximum Gasteiger partial charge on any atom is 0.254 e. The van der Waals surface area contributed by atoms with Crippen molar-refractivity contribution in [2.75, 3.05) is 6.54 Å². The van der Waals surface area contributed by atoms with Crippen molar-refractivity contribution in [3.63, 3.8) is 0 Å². The average molecular weight is 259 g/mol. The number of benzene rings is 1. The largest absolute Gasteiger partial charge is 0.311 e. The molecule has 0 atom stereocenters. The molecule has 0 saturated heterocycles. The first-order valence-corrected chi connectivity index (χ1v) is 6.24. The lowest BCUT2D eigenvalue weighted by Crippen LogP contribution is -2.31. The van der Waals surface area contributed by atoms with E-state index in [4.69, 9.17) is 0 Å². The monoisotopic (exact) mass is 259 g/mol. The molecule has 3 rings (SSSR count). The molecule has 0 saturated carbocycles. The Balaban J connectivity index is 2.12. The van der Waals surface area contributed by atoms with Crippen molar-refractivity contribution >= 4 is 0 Å². The summed E-state index contributed by atoms with van der Waals surface area (Å²) in [5.74, 6) is 0.127. The second-order valence-electron chi connectivity index (χ2n) is 4.73. The smallest absolute Gasteiger partial charge is 0.254 e. The van der Waals surface area contributed by atoms with Crippen LogP contribution in [0.1, 0.15) is 16.8 Å². The zero-order valence-electron chi connectivity index (χ0n) is 10.6. The van der Waals surface area contributed by atoms with Crippen molar-refractivity contribution in [2.45, 2.75) is 19.9 Å². The first kappa shape index (κ1) is 12.0. The van der Waals surface area contributed by atoms with Crippen LogP contribution in [-0.2, 0) is 13.0 Å². The number of aromatic nitrogens is 2. The first-order chi connectivity index (χ1) is 9.15. The minimum absolute atomic E-state index is 0.123. The van der Waals surface area contributed by atoms with Crippen LogP contribution in [-0.4, -0.2) is 16.5 Å². The summed E-state index contributed by atoms with van der Waals surface area (Å²) in [7, 11) is 0. The van der Waals surface area contributed by atoms with Gasteiger partial charge in [-0.1, -0.05) is 12.1 Å². The predicted molar refractivity (Wildman–Crippen MR) is 70.4 cm³/mol. The van der Waals surface area contributed by atoms with E-state index in [0.29, 0.717) is 29.9 Å². The fourth-order valence-electron chi connectivity index (χ4n) is 2.25. The number of hydrogen-bond acceptors (Lipinski definition) is 3. The quantitative estimate of drug-likeness (QED) is 0.816. The highest BCUT2D eigenvalue weighted by atomic mass is 19.1. The molecule has 98 valence electrons. The van der Waals surface area contributed by atoms with E-state index in [-0.39, 0.29) is 11.4 Å². The molecule has 2 heterocycles. The summed E-state index contributed by atoms with van der Waals surface area (Å²) in [6.45, 7) is 3.07. The van der Waals surface area contributed by atoms with Gasteiger partial charge in [0.15, 0.2) is 0 Å². The number of hydrogen-bond donors (Lipinski definition) is 2. The van der Waals surface area contributed by atoms with Crippen molar-refractivity contribution in [2.24, 2.45) is 0 Å². The highest BCUT2D eigenvalue weighted by Gasteiger charge is 2.16. The molecule has 2 N–H and O–H groups in total. The van der Waals surface area contributed by atoms with Crippen LogP contribution in [0.25, 0.3) is 11.4 Å². The van der Waals surface area contributed by atoms with Crippen molar-refractivity contribution in [3.05, 3.63) is 51.2 Å². The minimum atomic E-state index is -0.295. The molecular weight excluding hydrogens is 245 g/mol. The Kier molecular flexibility index (Phi) is 2.91. The lowest BCUT2D eigenvalue weighted by Gasteiger charge is -2.16. The second-order valence-corrected chi connectivity index (χ2v) is 4.73. The molecule has 0 bridgehead atoms. The summed E-state index contributed by atoms with van der Waals surface area (Å²) in [5.41, 5.74) is 2.53. The van der Waals surface area contributed by atoms with Gasteiger partial charge in [-0.05, 0) is 31.5 Å². The van der Waals surface area contributed by atoms with Gasteiger partial charge in [-0.25, -0.2) is 9.37 Å². The van der Waals surface area contributed by atoms with Crippen molar-refractivity contribution in [1.82, 2.24) is 15.3 Å². The van der Waals surface area contributed by atoms with Crippen LogP contribution in [0.4, 0.5) is 4.39 Å². The fourth-order valence-corrected chi connectivity index (χ4v) is 2.25. The van der Waals surface area contributed by atoms with Gasteiger partial charge in [-0.3, -0.25) is 4.79 Å². The van der Waals surface area contributed by atoms with Crippen LogP contribution in [0.5, 0.6) is 0 Å². The van der Waals surface area contributed by atoms with Crippen molar-refractivity contribution in [1.29, 1.82) is 0 Å². The lowest BCUT2D eigenvalue weighted by atomic mass is 10.1. The van der Waals surface area contributed by atoms with Crippen LogP contribution >= 0.6 is 0 Å². The van der Waals surface area contributed by atoms with E-state index in [1.807, 2.05) is 0 Å². The zero-order chi connectivity index (χ0) is 13.4. The minimum Gasteiger partial charge on any atom is -0.311 e. The van der Waals surface area contributed by atoms with Gasteiger partial charge in [-0.2, -0.15) is 0 Å². The summed E-state index contributed by atoms with van der Waals surface area (Å²) in [5, 5.41) is 3.18. The van der Waals surface area contributed by atoms with E-state index >= 15 is 0 Å². The summed E-state index contributed by atoms with van der Waals surface area (Å²) < 4.78 is 13.6. The number of rotatable bonds is 1. The van der Waals surface area contributed by atoms with Crippen LogP contribution in [0, 0.1) is 12.7 Å². The van der Waals surface area contributed by atoms with E-state index < -0.39 is 0 Å². The lowest BCUT2D eigenvalue weighted by molar-refractivity contribution is 0.616. The van der Waals surface area contributed by atoms with Crippen molar-refractivity contribution < 1.29 is 4.39 Å². The zero-order valence-corrected chi connectivity index (χ0v) is 10.6. The third-order valence-corrected chi connectivity index (χ3v) is 3.39. The maximum absolute atomic E-state index is 13.6. The molecule has 0 unspecified atom stereocenters. The van der Waals surface area contributed by atoms with Gasteiger partial charge >= 0.3 is 0 Å². The number of nitrogens with one attached hydrogen (secondary N) is 2. The Morgan fingerprint density at radius 3 is 3.00 bits per heavy atom. The van der Waals surface area contributed by atoms with Gasteiger partial charge in [-0.15, -0.1) is 0 Å². The number of fused-ring (bicyclic) bond motifs is 1. The Bertz CT molecular complexity index is 694. The van der Waals surface area contributed by atoms with E-state index in [1.54, 1.807) is 19.1 Å². The molecule has 0 radical (unpaired) electrons. The van der Waals surface area contributed by atoms with Gasteiger partial charge in [0.2, 0.25) is 0 Å². The average Bonchev–Trinajstić information content (AvgIpc) is 2.42. The summed E-state index contributed by atoms with van der Waals surface area (Å²) >= 11 is 0. The molecule has 0 aliphatic carbocycles. The highest BCUT2D eigenvalue weighted by Crippen LogP contribution is 2.19. The predicted octanol–water partition coefficient (Wildman–Crippen LogP) is 1.53. The van der Waals surface area contributed by atoms with E-state index in [9.17, 15) is 9.18 Å². The molecule has 0 fully saturated rings. The molecule has 1 aromatic heterocycles. The van der Waals surface area contributed by atoms with Crippen LogP contribution < -0.4 is 10.9 Å². The highest BCUT2D eigenvalue weighted by molar-refractivity contribution is 5.56. The number of nitrogens with zero attached hydrogens (tertiary/aromatic N) is 1. The normalized spacial score (nSPS) is 14.2. The summed E-state index contributed by atoms with van der Waals surface area (Å²) in [4.78, 5) is 19.2. The van der Waals surface area contributed by atoms with E-state index in [1.165, 1.54) is 6.07 Å². The van der Waals surface area contributed by atoms with Gasteiger partial charge in [0.05, 0.1) is 5.69 Å². The van der Waals surface area contributed by atoms with Crippen LogP contribution in [0.3, 0.4) is 0 Å². The number of aryl methyl sites for hydroxylation is 1. The van der Waals surface area contributed by atoms with Gasteiger partial charge in [0.25, 0.3) is 5.56 Å². The molecule has 1 aliphatic heterocycles. The maximum atomic E-state index is 13.6. The van der Waals surface area contributed by atoms with Crippen molar-refractivity contribution in [3.8, 4) is 11.4 Å². The van der Waals surface area contributed by atoms with Gasteiger partial charge in [0.1, 0.15) is 11.6 Å². The molecule has 0 spiro atoms. The Morgan fingerprint density at radius 1 is 1.37 bits per heavy atom. The topological polar surface area (TPSA) is 57.8 Å². The van der Waals surface area contributed by atoms with E-state index in [2.05, 4.69) is 15.3 Å². The molecule has 2 aromatic rings. The molecular formula is C14H14FN3O. The fraction of sp³-hybridized carbons (Fsp3) is 0.286. The standard InChI is InChI=1S/C14H14FN3O/c1-8-2-3-9(6-11(8)15)13-17-12-7-16-5-4-10(12)14(19)18-13/h2-3,6,16H,4-5,7H2,1H3,(H,17,18,19). The third-order valence-electron chi connectivity index (χ3n) is 3.39. The molecule has 4 nitrogen and oxygen atoms in total. The van der Waals surface area contributed by atoms with Gasteiger partial charge in [0, 0.05) is 17.7 Å². The van der Waals surface area contributed by atoms with Gasteiger partial charge < -0.3 is 10.3 Å². The molecule has 5 heteroatoms. The Hall–Kier alpha value is -2.01. The molecule has 0 amide bonds. The van der Waals surface area contributed by atoms with Crippen LogP contribution in [0.2, 0.25) is 0 Å². The number of H-pyrrole nitrogens is 1. The molecule has 1 aromatic carbocycles. The molecule has 19 heavy (non-hydrogen) atoms. The Labute approximate surface area is 109 Å². The van der Waals surface area contributed by atoms with E-state index in [0.717, 1.165) is 17.8 Å². The number of aromatic amines is 1.